The van der Waals surface area contributed by atoms with E-state index in [2.05, 4.69) is 23.9 Å². The quantitative estimate of drug-likeness (QED) is 0.631. The van der Waals surface area contributed by atoms with Gasteiger partial charge in [0.05, 0.1) is 5.75 Å². The first-order chi connectivity index (χ1) is 8.45. The number of sulfonamides is 1. The van der Waals surface area contributed by atoms with E-state index in [1.807, 2.05) is 0 Å². The predicted molar refractivity (Wildman–Crippen MR) is 73.8 cm³/mol. The molecule has 5 nitrogen and oxygen atoms in total. The van der Waals surface area contributed by atoms with Crippen LogP contribution in [0.1, 0.15) is 46.0 Å². The Hall–Kier alpha value is -0.620. The van der Waals surface area contributed by atoms with Gasteiger partial charge in [0.2, 0.25) is 15.9 Å². The maximum Gasteiger partial charge on any atom is 0.221 e. The summed E-state index contributed by atoms with van der Waals surface area (Å²) in [6.07, 6.45) is 4.50. The van der Waals surface area contributed by atoms with Gasteiger partial charge in [0.15, 0.2) is 0 Å². The average molecular weight is 278 g/mol. The molecule has 0 saturated heterocycles. The van der Waals surface area contributed by atoms with Crippen molar-refractivity contribution in [3.63, 3.8) is 0 Å². The van der Waals surface area contributed by atoms with Gasteiger partial charge in [-0.25, -0.2) is 13.1 Å². The van der Waals surface area contributed by atoms with Crippen LogP contribution in [0.4, 0.5) is 0 Å². The predicted octanol–water partition coefficient (Wildman–Crippen LogP) is 1.26. The molecule has 0 unspecified atom stereocenters. The minimum atomic E-state index is -3.28. The van der Waals surface area contributed by atoms with Crippen LogP contribution in [0.2, 0.25) is 0 Å². The normalized spacial score (nSPS) is 13.3. The monoisotopic (exact) mass is 278 g/mol. The Bertz CT molecular complexity index is 328. The van der Waals surface area contributed by atoms with Gasteiger partial charge in [-0.1, -0.05) is 33.1 Å². The summed E-state index contributed by atoms with van der Waals surface area (Å²) in [5.41, 5.74) is 0. The number of carbonyl (C=O) groups excluding carboxylic acids is 1. The summed E-state index contributed by atoms with van der Waals surface area (Å²) in [5, 5.41) is 2.81. The van der Waals surface area contributed by atoms with Crippen molar-refractivity contribution in [1.82, 2.24) is 10.0 Å². The van der Waals surface area contributed by atoms with Gasteiger partial charge in [-0.3, -0.25) is 4.79 Å². The number of rotatable bonds is 10. The number of hydrogen-bond acceptors (Lipinski definition) is 3. The summed E-state index contributed by atoms with van der Waals surface area (Å²) in [6, 6.07) is 0. The third kappa shape index (κ3) is 8.47. The van der Waals surface area contributed by atoms with Crippen molar-refractivity contribution in [3.8, 4) is 0 Å². The van der Waals surface area contributed by atoms with Crippen LogP contribution < -0.4 is 10.0 Å². The topological polar surface area (TPSA) is 75.3 Å². The number of unbranched alkanes of at least 4 members (excludes halogenated alkanes) is 1. The Labute approximate surface area is 111 Å². The van der Waals surface area contributed by atoms with Crippen LogP contribution in [0.3, 0.4) is 0 Å². The highest BCUT2D eigenvalue weighted by molar-refractivity contribution is 7.89. The Balaban J connectivity index is 3.88. The van der Waals surface area contributed by atoms with E-state index in [-0.39, 0.29) is 18.1 Å². The maximum atomic E-state index is 11.5. The number of hydrogen-bond donors (Lipinski definition) is 2. The Morgan fingerprint density at radius 2 is 1.94 bits per heavy atom. The van der Waals surface area contributed by atoms with Crippen molar-refractivity contribution in [1.29, 1.82) is 0 Å². The van der Waals surface area contributed by atoms with Crippen LogP contribution in [0.15, 0.2) is 0 Å². The summed E-state index contributed by atoms with van der Waals surface area (Å²) in [4.78, 5) is 11.5. The van der Waals surface area contributed by atoms with E-state index in [4.69, 9.17) is 0 Å². The molecule has 0 aromatic carbocycles. The molecule has 0 rings (SSSR count). The Morgan fingerprint density at radius 1 is 1.28 bits per heavy atom. The zero-order valence-corrected chi connectivity index (χ0v) is 12.5. The smallest absolute Gasteiger partial charge is 0.221 e. The molecule has 0 aliphatic rings. The van der Waals surface area contributed by atoms with E-state index < -0.39 is 10.0 Å². The molecule has 2 N–H and O–H groups in total. The Kier molecular flexibility index (Phi) is 9.01. The third-order valence-electron chi connectivity index (χ3n) is 3.04. The minimum Gasteiger partial charge on any atom is -0.356 e. The van der Waals surface area contributed by atoms with E-state index in [0.717, 1.165) is 19.3 Å². The summed E-state index contributed by atoms with van der Waals surface area (Å²) in [6.45, 7) is 4.90. The molecule has 0 radical (unpaired) electrons. The lowest BCUT2D eigenvalue weighted by Gasteiger charge is -2.15. The van der Waals surface area contributed by atoms with E-state index in [9.17, 15) is 13.2 Å². The van der Waals surface area contributed by atoms with Crippen molar-refractivity contribution >= 4 is 15.9 Å². The molecule has 1 atom stereocenters. The van der Waals surface area contributed by atoms with Crippen LogP contribution in [0.5, 0.6) is 0 Å². The summed E-state index contributed by atoms with van der Waals surface area (Å²) < 4.78 is 24.5. The molecular weight excluding hydrogens is 252 g/mol. The van der Waals surface area contributed by atoms with Crippen LogP contribution in [-0.2, 0) is 14.8 Å². The number of carbonyl (C=O) groups is 1. The second-order valence-corrected chi connectivity index (χ2v) is 6.54. The molecule has 0 aromatic heterocycles. The molecule has 0 aliphatic heterocycles. The van der Waals surface area contributed by atoms with Crippen LogP contribution in [0.25, 0.3) is 0 Å². The summed E-state index contributed by atoms with van der Waals surface area (Å²) >= 11 is 0. The minimum absolute atomic E-state index is 0.0212. The van der Waals surface area contributed by atoms with Gasteiger partial charge in [0, 0.05) is 13.0 Å². The molecule has 1 amide bonds. The molecule has 0 fully saturated rings. The molecule has 18 heavy (non-hydrogen) atoms. The molecule has 0 saturated carbocycles. The van der Waals surface area contributed by atoms with Gasteiger partial charge in [-0.05, 0) is 19.4 Å². The third-order valence-corrected chi connectivity index (χ3v) is 4.40. The van der Waals surface area contributed by atoms with Crippen molar-refractivity contribution in [3.05, 3.63) is 0 Å². The van der Waals surface area contributed by atoms with E-state index in [1.54, 1.807) is 0 Å². The summed E-state index contributed by atoms with van der Waals surface area (Å²) in [7, 11) is -1.93. The van der Waals surface area contributed by atoms with Gasteiger partial charge >= 0.3 is 0 Å². The summed E-state index contributed by atoms with van der Waals surface area (Å²) in [5.74, 6) is 0.153. The van der Waals surface area contributed by atoms with Gasteiger partial charge in [0.1, 0.15) is 0 Å². The number of amides is 1. The maximum absolute atomic E-state index is 11.5. The van der Waals surface area contributed by atoms with E-state index in [0.29, 0.717) is 12.5 Å². The second-order valence-electron chi connectivity index (χ2n) is 4.49. The van der Waals surface area contributed by atoms with Crippen molar-refractivity contribution < 1.29 is 13.2 Å². The standard InChI is InChI=1S/C12H26N2O3S/c1-4-6-7-11(5-2)10-14-12(15)8-9-18(16,17)13-3/h11,13H,4-10H2,1-3H3,(H,14,15)/t11-/m1/s1. The molecule has 0 aromatic rings. The van der Waals surface area contributed by atoms with Crippen molar-refractivity contribution in [2.75, 3.05) is 19.3 Å². The van der Waals surface area contributed by atoms with Crippen molar-refractivity contribution in [2.45, 2.75) is 46.0 Å². The lowest BCUT2D eigenvalue weighted by Crippen LogP contribution is -2.32. The molecule has 0 heterocycles. The first-order valence-electron chi connectivity index (χ1n) is 6.63. The highest BCUT2D eigenvalue weighted by Crippen LogP contribution is 2.11. The van der Waals surface area contributed by atoms with Crippen LogP contribution in [-0.4, -0.2) is 33.7 Å². The van der Waals surface area contributed by atoms with Gasteiger partial charge in [0.25, 0.3) is 0 Å². The Morgan fingerprint density at radius 3 is 2.44 bits per heavy atom. The molecule has 0 bridgehead atoms. The highest BCUT2D eigenvalue weighted by Gasteiger charge is 2.12. The lowest BCUT2D eigenvalue weighted by molar-refractivity contribution is -0.120. The number of nitrogens with one attached hydrogen (secondary N) is 2. The largest absolute Gasteiger partial charge is 0.356 e. The first kappa shape index (κ1) is 17.4. The fourth-order valence-electron chi connectivity index (χ4n) is 1.62. The van der Waals surface area contributed by atoms with Gasteiger partial charge < -0.3 is 5.32 Å². The van der Waals surface area contributed by atoms with Gasteiger partial charge in [-0.15, -0.1) is 0 Å². The van der Waals surface area contributed by atoms with Crippen LogP contribution in [0, 0.1) is 5.92 Å². The molecular formula is C12H26N2O3S. The second kappa shape index (κ2) is 9.33. The van der Waals surface area contributed by atoms with Crippen LogP contribution >= 0.6 is 0 Å². The zero-order chi connectivity index (χ0) is 14.0. The average Bonchev–Trinajstić information content (AvgIpc) is 2.36. The first-order valence-corrected chi connectivity index (χ1v) is 8.28. The van der Waals surface area contributed by atoms with Crippen molar-refractivity contribution in [2.24, 2.45) is 5.92 Å². The van der Waals surface area contributed by atoms with E-state index in [1.165, 1.54) is 13.5 Å². The zero-order valence-electron chi connectivity index (χ0n) is 11.7. The highest BCUT2D eigenvalue weighted by atomic mass is 32.2. The fourth-order valence-corrected chi connectivity index (χ4v) is 2.28. The lowest BCUT2D eigenvalue weighted by atomic mass is 9.99. The molecule has 0 spiro atoms. The molecule has 6 heteroatoms. The molecule has 0 aliphatic carbocycles. The SMILES string of the molecule is CCCC[C@@H](CC)CNC(=O)CCS(=O)(=O)NC. The fraction of sp³-hybridized carbons (Fsp3) is 0.917. The molecule has 108 valence electrons. The van der Waals surface area contributed by atoms with Gasteiger partial charge in [-0.2, -0.15) is 0 Å². The van der Waals surface area contributed by atoms with E-state index >= 15 is 0 Å².